The minimum absolute atomic E-state index is 0.504. The predicted molar refractivity (Wildman–Crippen MR) is 68.8 cm³/mol. The van der Waals surface area contributed by atoms with Gasteiger partial charge in [-0.05, 0) is 56.3 Å². The van der Waals surface area contributed by atoms with Crippen molar-refractivity contribution < 1.29 is 5.11 Å². The van der Waals surface area contributed by atoms with Crippen LogP contribution in [0.15, 0.2) is 12.4 Å². The second kappa shape index (κ2) is 3.60. The van der Waals surface area contributed by atoms with Gasteiger partial charge in [0.1, 0.15) is 0 Å². The van der Waals surface area contributed by atoms with Gasteiger partial charge in [0.15, 0.2) is 0 Å². The molecule has 3 fully saturated rings. The maximum absolute atomic E-state index is 11.2. The first-order valence-corrected chi connectivity index (χ1v) is 7.47. The molecule has 18 heavy (non-hydrogen) atoms. The van der Waals surface area contributed by atoms with E-state index in [1.807, 2.05) is 10.9 Å². The highest BCUT2D eigenvalue weighted by molar-refractivity contribution is 5.24. The molecular formula is C15H22N2O. The van der Waals surface area contributed by atoms with Crippen molar-refractivity contribution in [2.45, 2.75) is 51.2 Å². The molecule has 3 heteroatoms. The Labute approximate surface area is 108 Å². The van der Waals surface area contributed by atoms with E-state index in [0.717, 1.165) is 36.3 Å². The third-order valence-corrected chi connectivity index (χ3v) is 5.95. The lowest BCUT2D eigenvalue weighted by Crippen LogP contribution is -2.38. The Kier molecular flexibility index (Phi) is 2.20. The molecule has 3 saturated carbocycles. The fourth-order valence-electron chi connectivity index (χ4n) is 5.20. The first-order chi connectivity index (χ1) is 8.72. The van der Waals surface area contributed by atoms with E-state index in [4.69, 9.17) is 0 Å². The van der Waals surface area contributed by atoms with Gasteiger partial charge in [0.05, 0.1) is 11.8 Å². The number of rotatable bonds is 2. The molecule has 0 aliphatic heterocycles. The van der Waals surface area contributed by atoms with E-state index in [0.29, 0.717) is 5.92 Å². The van der Waals surface area contributed by atoms with Crippen molar-refractivity contribution in [2.24, 2.45) is 23.7 Å². The Balaban J connectivity index is 1.68. The first kappa shape index (κ1) is 11.0. The highest BCUT2D eigenvalue weighted by atomic mass is 16.3. The number of aliphatic hydroxyl groups is 1. The van der Waals surface area contributed by atoms with Crippen molar-refractivity contribution in [1.29, 1.82) is 0 Å². The van der Waals surface area contributed by atoms with Gasteiger partial charge in [-0.1, -0.05) is 6.42 Å². The Morgan fingerprint density at radius 1 is 1.44 bits per heavy atom. The summed E-state index contributed by atoms with van der Waals surface area (Å²) in [6.45, 7) is 2.98. The van der Waals surface area contributed by atoms with Crippen LogP contribution in [-0.2, 0) is 12.1 Å². The fourth-order valence-corrected chi connectivity index (χ4v) is 5.20. The van der Waals surface area contributed by atoms with Crippen LogP contribution in [0.5, 0.6) is 0 Å². The summed E-state index contributed by atoms with van der Waals surface area (Å²) < 4.78 is 1.94. The molecule has 0 radical (unpaired) electrons. The van der Waals surface area contributed by atoms with Crippen molar-refractivity contribution in [3.63, 3.8) is 0 Å². The van der Waals surface area contributed by atoms with Crippen LogP contribution in [0.25, 0.3) is 0 Å². The zero-order valence-corrected chi connectivity index (χ0v) is 11.0. The SMILES string of the molecule is CCn1cc(C2(O)CC3CC2C2CCCC32)cn1. The van der Waals surface area contributed by atoms with Gasteiger partial charge in [-0.3, -0.25) is 4.68 Å². The van der Waals surface area contributed by atoms with Crippen LogP contribution in [0, 0.1) is 23.7 Å². The van der Waals surface area contributed by atoms with Crippen LogP contribution in [0.4, 0.5) is 0 Å². The topological polar surface area (TPSA) is 38.0 Å². The summed E-state index contributed by atoms with van der Waals surface area (Å²) in [6, 6.07) is 0. The molecule has 3 aliphatic carbocycles. The molecule has 5 atom stereocenters. The molecule has 2 bridgehead atoms. The molecule has 98 valence electrons. The number of hydrogen-bond acceptors (Lipinski definition) is 2. The summed E-state index contributed by atoms with van der Waals surface area (Å²) in [7, 11) is 0. The molecule has 0 spiro atoms. The third-order valence-electron chi connectivity index (χ3n) is 5.95. The second-order valence-electron chi connectivity index (χ2n) is 6.57. The van der Waals surface area contributed by atoms with Crippen LogP contribution >= 0.6 is 0 Å². The van der Waals surface area contributed by atoms with Crippen LogP contribution in [0.1, 0.15) is 44.6 Å². The van der Waals surface area contributed by atoms with E-state index in [1.165, 1.54) is 25.7 Å². The summed E-state index contributed by atoms with van der Waals surface area (Å²) in [5, 5.41) is 15.5. The second-order valence-corrected chi connectivity index (χ2v) is 6.57. The molecule has 4 rings (SSSR count). The van der Waals surface area contributed by atoms with Gasteiger partial charge in [-0.25, -0.2) is 0 Å². The highest BCUT2D eigenvalue weighted by Crippen LogP contribution is 2.65. The van der Waals surface area contributed by atoms with Gasteiger partial charge < -0.3 is 5.11 Å². The van der Waals surface area contributed by atoms with Gasteiger partial charge in [0.25, 0.3) is 0 Å². The quantitative estimate of drug-likeness (QED) is 0.871. The third kappa shape index (κ3) is 1.26. The van der Waals surface area contributed by atoms with Crippen LogP contribution in [-0.4, -0.2) is 14.9 Å². The largest absolute Gasteiger partial charge is 0.385 e. The van der Waals surface area contributed by atoms with Crippen LogP contribution in [0.2, 0.25) is 0 Å². The van der Waals surface area contributed by atoms with Gasteiger partial charge in [0.2, 0.25) is 0 Å². The Bertz CT molecular complexity index is 469. The predicted octanol–water partition coefficient (Wildman–Crippen LogP) is 2.55. The molecule has 3 nitrogen and oxygen atoms in total. The molecular weight excluding hydrogens is 224 g/mol. The Hall–Kier alpha value is -0.830. The summed E-state index contributed by atoms with van der Waals surface area (Å²) >= 11 is 0. The van der Waals surface area contributed by atoms with Gasteiger partial charge in [0, 0.05) is 18.3 Å². The molecule has 5 unspecified atom stereocenters. The summed E-state index contributed by atoms with van der Waals surface area (Å²) in [5.74, 6) is 3.00. The van der Waals surface area contributed by atoms with Crippen LogP contribution < -0.4 is 0 Å². The Morgan fingerprint density at radius 3 is 3.06 bits per heavy atom. The average molecular weight is 246 g/mol. The van der Waals surface area contributed by atoms with Crippen molar-refractivity contribution in [3.05, 3.63) is 18.0 Å². The van der Waals surface area contributed by atoms with Crippen molar-refractivity contribution in [1.82, 2.24) is 9.78 Å². The van der Waals surface area contributed by atoms with Crippen molar-refractivity contribution in [3.8, 4) is 0 Å². The molecule has 0 aromatic carbocycles. The van der Waals surface area contributed by atoms with Gasteiger partial charge in [-0.2, -0.15) is 5.10 Å². The van der Waals surface area contributed by atoms with E-state index >= 15 is 0 Å². The zero-order chi connectivity index (χ0) is 12.3. The van der Waals surface area contributed by atoms with Crippen molar-refractivity contribution in [2.75, 3.05) is 0 Å². The number of aromatic nitrogens is 2. The normalized spacial score (nSPS) is 45.7. The number of fused-ring (bicyclic) bond motifs is 5. The van der Waals surface area contributed by atoms with Gasteiger partial charge in [-0.15, -0.1) is 0 Å². The summed E-state index contributed by atoms with van der Waals surface area (Å²) in [4.78, 5) is 0. The molecule has 1 N–H and O–H groups in total. The molecule has 1 heterocycles. The lowest BCUT2D eigenvalue weighted by atomic mass is 9.71. The van der Waals surface area contributed by atoms with Crippen molar-refractivity contribution >= 4 is 0 Å². The van der Waals surface area contributed by atoms with E-state index in [9.17, 15) is 5.11 Å². The Morgan fingerprint density at radius 2 is 2.28 bits per heavy atom. The zero-order valence-electron chi connectivity index (χ0n) is 11.0. The fraction of sp³-hybridized carbons (Fsp3) is 0.800. The standard InChI is InChI=1S/C15H22N2O/c1-2-17-9-11(8-16-17)15(18)7-10-6-14(15)13-5-3-4-12(10)13/h8-10,12-14,18H,2-7H2,1H3. The maximum atomic E-state index is 11.2. The maximum Gasteiger partial charge on any atom is 0.0960 e. The van der Waals surface area contributed by atoms with E-state index in [2.05, 4.69) is 18.2 Å². The van der Waals surface area contributed by atoms with E-state index < -0.39 is 5.60 Å². The number of aryl methyl sites for hydroxylation is 1. The average Bonchev–Trinajstić information content (AvgIpc) is 3.09. The molecule has 3 aliphatic rings. The molecule has 0 amide bonds. The lowest BCUT2D eigenvalue weighted by molar-refractivity contribution is -0.0513. The first-order valence-electron chi connectivity index (χ1n) is 7.47. The minimum atomic E-state index is -0.566. The number of hydrogen-bond donors (Lipinski definition) is 1. The highest BCUT2D eigenvalue weighted by Gasteiger charge is 2.61. The summed E-state index contributed by atoms with van der Waals surface area (Å²) in [5.41, 5.74) is 0.506. The number of nitrogens with zero attached hydrogens (tertiary/aromatic N) is 2. The molecule has 1 aromatic rings. The smallest absolute Gasteiger partial charge is 0.0960 e. The molecule has 0 saturated heterocycles. The molecule has 1 aromatic heterocycles. The van der Waals surface area contributed by atoms with E-state index in [1.54, 1.807) is 0 Å². The lowest BCUT2D eigenvalue weighted by Gasteiger charge is -2.38. The van der Waals surface area contributed by atoms with Gasteiger partial charge >= 0.3 is 0 Å². The monoisotopic (exact) mass is 246 g/mol. The van der Waals surface area contributed by atoms with E-state index in [-0.39, 0.29) is 0 Å². The minimum Gasteiger partial charge on any atom is -0.385 e. The summed E-state index contributed by atoms with van der Waals surface area (Å²) in [6.07, 6.45) is 10.3. The van der Waals surface area contributed by atoms with Crippen LogP contribution in [0.3, 0.4) is 0 Å².